The zero-order chi connectivity index (χ0) is 15.5. The molecule has 1 amide bonds. The molecule has 6 nitrogen and oxygen atoms in total. The number of ether oxygens (including phenoxy) is 1. The molecule has 7 heteroatoms. The van der Waals surface area contributed by atoms with Gasteiger partial charge in [0.05, 0.1) is 25.3 Å². The van der Waals surface area contributed by atoms with E-state index in [0.717, 1.165) is 0 Å². The molecule has 0 atom stereocenters. The predicted octanol–water partition coefficient (Wildman–Crippen LogP) is 1.06. The van der Waals surface area contributed by atoms with Crippen molar-refractivity contribution in [3.63, 3.8) is 0 Å². The summed E-state index contributed by atoms with van der Waals surface area (Å²) < 4.78 is 18.7. The molecule has 1 aliphatic rings. The molecule has 1 fully saturated rings. The molecule has 1 aliphatic heterocycles. The van der Waals surface area contributed by atoms with Crippen LogP contribution >= 0.6 is 0 Å². The molecule has 0 N–H and O–H groups in total. The fourth-order valence-electron chi connectivity index (χ4n) is 2.51. The van der Waals surface area contributed by atoms with Crippen molar-refractivity contribution in [3.8, 4) is 0 Å². The highest BCUT2D eigenvalue weighted by molar-refractivity contribution is 5.91. The molecule has 2 heterocycles. The highest BCUT2D eigenvalue weighted by atomic mass is 19.1. The number of benzene rings is 1. The smallest absolute Gasteiger partial charge is 0.242 e. The number of anilines is 1. The Bertz CT molecular complexity index is 688. The van der Waals surface area contributed by atoms with Crippen LogP contribution in [0.3, 0.4) is 0 Å². The average molecular weight is 304 g/mol. The van der Waals surface area contributed by atoms with E-state index in [-0.39, 0.29) is 18.3 Å². The van der Waals surface area contributed by atoms with Crippen molar-refractivity contribution >= 4 is 22.6 Å². The Morgan fingerprint density at radius 3 is 2.91 bits per heavy atom. The number of amides is 1. The molecule has 0 radical (unpaired) electrons. The average Bonchev–Trinajstić information content (AvgIpc) is 2.55. The van der Waals surface area contributed by atoms with E-state index in [1.54, 1.807) is 22.9 Å². The van der Waals surface area contributed by atoms with Crippen molar-refractivity contribution in [1.82, 2.24) is 14.9 Å². The number of fused-ring (bicyclic) bond motifs is 1. The Balaban J connectivity index is 1.81. The van der Waals surface area contributed by atoms with Gasteiger partial charge in [-0.05, 0) is 18.2 Å². The molecule has 116 valence electrons. The maximum absolute atomic E-state index is 13.5. The van der Waals surface area contributed by atoms with Crippen LogP contribution in [-0.4, -0.2) is 60.7 Å². The fraction of sp³-hybridized carbons (Fsp3) is 0.400. The van der Waals surface area contributed by atoms with Gasteiger partial charge in [0.1, 0.15) is 18.0 Å². The van der Waals surface area contributed by atoms with Crippen LogP contribution in [0.15, 0.2) is 24.5 Å². The number of hydrogen-bond acceptors (Lipinski definition) is 5. The molecular formula is C15H17FN4O2. The summed E-state index contributed by atoms with van der Waals surface area (Å²) in [5.74, 6) is 0.205. The zero-order valence-electron chi connectivity index (χ0n) is 12.3. The lowest BCUT2D eigenvalue weighted by molar-refractivity contribution is -0.133. The van der Waals surface area contributed by atoms with E-state index < -0.39 is 0 Å². The lowest BCUT2D eigenvalue weighted by Crippen LogP contribution is -2.45. The number of likely N-dealkylation sites (N-methyl/N-ethyl adjacent to an activating group) is 1. The molecule has 22 heavy (non-hydrogen) atoms. The summed E-state index contributed by atoms with van der Waals surface area (Å²) in [4.78, 5) is 24.1. The molecule has 3 rings (SSSR count). The molecule has 0 spiro atoms. The standard InChI is InChI=1S/C15H17FN4O2/c1-19(9-14(21)20-4-6-22-7-5-20)15-12-8-11(16)2-3-13(12)17-10-18-15/h2-3,8,10H,4-7,9H2,1H3. The van der Waals surface area contributed by atoms with Crippen molar-refractivity contribution in [1.29, 1.82) is 0 Å². The van der Waals surface area contributed by atoms with Gasteiger partial charge in [0.15, 0.2) is 0 Å². The lowest BCUT2D eigenvalue weighted by atomic mass is 10.2. The number of carbonyl (C=O) groups excluding carboxylic acids is 1. The van der Waals surface area contributed by atoms with E-state index in [0.29, 0.717) is 43.0 Å². The SMILES string of the molecule is CN(CC(=O)N1CCOCC1)c1ncnc2ccc(F)cc12. The van der Waals surface area contributed by atoms with Gasteiger partial charge in [-0.25, -0.2) is 14.4 Å². The van der Waals surface area contributed by atoms with Crippen molar-refractivity contribution in [2.75, 3.05) is 44.8 Å². The summed E-state index contributed by atoms with van der Waals surface area (Å²) in [6, 6.07) is 4.35. The molecule has 1 aromatic carbocycles. The second-order valence-corrected chi connectivity index (χ2v) is 5.21. The Kier molecular flexibility index (Phi) is 4.15. The number of hydrogen-bond donors (Lipinski definition) is 0. The zero-order valence-corrected chi connectivity index (χ0v) is 12.3. The van der Waals surface area contributed by atoms with Gasteiger partial charge < -0.3 is 14.5 Å². The van der Waals surface area contributed by atoms with Crippen LogP contribution in [0.25, 0.3) is 10.9 Å². The van der Waals surface area contributed by atoms with E-state index in [4.69, 9.17) is 4.74 Å². The van der Waals surface area contributed by atoms with Gasteiger partial charge >= 0.3 is 0 Å². The van der Waals surface area contributed by atoms with Gasteiger partial charge in [-0.15, -0.1) is 0 Å². The van der Waals surface area contributed by atoms with Crippen molar-refractivity contribution in [3.05, 3.63) is 30.3 Å². The van der Waals surface area contributed by atoms with E-state index in [9.17, 15) is 9.18 Å². The van der Waals surface area contributed by atoms with Gasteiger partial charge in [-0.2, -0.15) is 0 Å². The van der Waals surface area contributed by atoms with Gasteiger partial charge in [-0.1, -0.05) is 0 Å². The third-order valence-electron chi connectivity index (χ3n) is 3.67. The first-order chi connectivity index (χ1) is 10.6. The Labute approximate surface area is 127 Å². The van der Waals surface area contributed by atoms with Gasteiger partial charge in [0.2, 0.25) is 5.91 Å². The quantitative estimate of drug-likeness (QED) is 0.849. The first kappa shape index (κ1) is 14.6. The molecule has 0 unspecified atom stereocenters. The Morgan fingerprint density at radius 1 is 1.36 bits per heavy atom. The summed E-state index contributed by atoms with van der Waals surface area (Å²) in [7, 11) is 1.77. The maximum Gasteiger partial charge on any atom is 0.242 e. The van der Waals surface area contributed by atoms with Crippen LogP contribution in [0.5, 0.6) is 0 Å². The number of rotatable bonds is 3. The molecule has 0 bridgehead atoms. The summed E-state index contributed by atoms with van der Waals surface area (Å²) >= 11 is 0. The topological polar surface area (TPSA) is 58.6 Å². The number of nitrogens with zero attached hydrogens (tertiary/aromatic N) is 4. The van der Waals surface area contributed by atoms with E-state index in [2.05, 4.69) is 9.97 Å². The highest BCUT2D eigenvalue weighted by Crippen LogP contribution is 2.22. The van der Waals surface area contributed by atoms with E-state index in [1.807, 2.05) is 0 Å². The van der Waals surface area contributed by atoms with Crippen LogP contribution in [-0.2, 0) is 9.53 Å². The second-order valence-electron chi connectivity index (χ2n) is 5.21. The van der Waals surface area contributed by atoms with Gasteiger partial charge in [-0.3, -0.25) is 4.79 Å². The molecule has 1 saturated heterocycles. The monoisotopic (exact) mass is 304 g/mol. The number of aromatic nitrogens is 2. The number of halogens is 1. The third kappa shape index (κ3) is 2.99. The van der Waals surface area contributed by atoms with Crippen molar-refractivity contribution < 1.29 is 13.9 Å². The molecular weight excluding hydrogens is 287 g/mol. The Morgan fingerprint density at radius 2 is 2.14 bits per heavy atom. The molecule has 0 aliphatic carbocycles. The van der Waals surface area contributed by atoms with E-state index in [1.165, 1.54) is 18.5 Å². The summed E-state index contributed by atoms with van der Waals surface area (Å²) in [6.45, 7) is 2.52. The van der Waals surface area contributed by atoms with Crippen LogP contribution in [0.4, 0.5) is 10.2 Å². The molecule has 1 aromatic heterocycles. The van der Waals surface area contributed by atoms with Crippen molar-refractivity contribution in [2.24, 2.45) is 0 Å². The highest BCUT2D eigenvalue weighted by Gasteiger charge is 2.19. The van der Waals surface area contributed by atoms with E-state index >= 15 is 0 Å². The molecule has 0 saturated carbocycles. The first-order valence-corrected chi connectivity index (χ1v) is 7.12. The van der Waals surface area contributed by atoms with Gasteiger partial charge in [0, 0.05) is 25.5 Å². The van der Waals surface area contributed by atoms with Crippen molar-refractivity contribution in [2.45, 2.75) is 0 Å². The fourth-order valence-corrected chi connectivity index (χ4v) is 2.51. The summed E-state index contributed by atoms with van der Waals surface area (Å²) in [6.07, 6.45) is 1.42. The second kappa shape index (κ2) is 6.23. The minimum Gasteiger partial charge on any atom is -0.378 e. The lowest BCUT2D eigenvalue weighted by Gasteiger charge is -2.29. The van der Waals surface area contributed by atoms with Crippen LogP contribution in [0.1, 0.15) is 0 Å². The van der Waals surface area contributed by atoms with Crippen LogP contribution < -0.4 is 4.90 Å². The number of morpholine rings is 1. The largest absolute Gasteiger partial charge is 0.378 e. The summed E-state index contributed by atoms with van der Waals surface area (Å²) in [5, 5.41) is 0.597. The Hall–Kier alpha value is -2.28. The minimum absolute atomic E-state index is 0.00830. The first-order valence-electron chi connectivity index (χ1n) is 7.12. The maximum atomic E-state index is 13.5. The van der Waals surface area contributed by atoms with Crippen LogP contribution in [0, 0.1) is 5.82 Å². The normalized spacial score (nSPS) is 15.1. The third-order valence-corrected chi connectivity index (χ3v) is 3.67. The summed E-state index contributed by atoms with van der Waals surface area (Å²) in [5.41, 5.74) is 0.650. The van der Waals surface area contributed by atoms with Gasteiger partial charge in [0.25, 0.3) is 0 Å². The molecule has 2 aromatic rings. The predicted molar refractivity (Wildman–Crippen MR) is 80.2 cm³/mol. The van der Waals surface area contributed by atoms with Crippen LogP contribution in [0.2, 0.25) is 0 Å². The minimum atomic E-state index is -0.351. The number of carbonyl (C=O) groups is 1.